The number of rotatable bonds is 4. The van der Waals surface area contributed by atoms with Gasteiger partial charge < -0.3 is 13.9 Å². The quantitative estimate of drug-likeness (QED) is 0.176. The number of fused-ring (bicyclic) bond motifs is 2. The zero-order chi connectivity index (χ0) is 22.3. The van der Waals surface area contributed by atoms with E-state index in [0.717, 1.165) is 29.5 Å². The van der Waals surface area contributed by atoms with E-state index in [1.807, 2.05) is 0 Å². The molecule has 10 heteroatoms. The summed E-state index contributed by atoms with van der Waals surface area (Å²) in [6.45, 7) is -0.0487. The number of esters is 1. The van der Waals surface area contributed by atoms with E-state index < -0.39 is 29.2 Å². The van der Waals surface area contributed by atoms with E-state index >= 15 is 0 Å². The van der Waals surface area contributed by atoms with Gasteiger partial charge in [-0.15, -0.1) is 11.3 Å². The van der Waals surface area contributed by atoms with E-state index in [0.29, 0.717) is 16.3 Å². The molecule has 2 heterocycles. The van der Waals surface area contributed by atoms with Gasteiger partial charge in [0.15, 0.2) is 0 Å². The van der Waals surface area contributed by atoms with Crippen molar-refractivity contribution in [1.82, 2.24) is 0 Å². The minimum atomic E-state index is -4.76. The van der Waals surface area contributed by atoms with Crippen LogP contribution in [0.15, 0.2) is 51.7 Å². The van der Waals surface area contributed by atoms with Gasteiger partial charge in [-0.25, -0.2) is 14.0 Å². The van der Waals surface area contributed by atoms with Crippen LogP contribution in [0.4, 0.5) is 17.6 Å². The highest BCUT2D eigenvalue weighted by molar-refractivity contribution is 7.21. The van der Waals surface area contributed by atoms with Crippen molar-refractivity contribution in [3.8, 4) is 5.75 Å². The molecule has 0 aliphatic carbocycles. The van der Waals surface area contributed by atoms with Gasteiger partial charge in [0.2, 0.25) is 0 Å². The SMILES string of the molecule is COCc1c(C(=O)Oc2ccc3c(C(F)(F)F)cc(=O)oc3c2)sc2cccc(F)c12. The summed E-state index contributed by atoms with van der Waals surface area (Å²) >= 11 is 1.00. The second-order valence-electron chi connectivity index (χ2n) is 6.48. The van der Waals surface area contributed by atoms with E-state index in [1.54, 1.807) is 6.07 Å². The molecule has 0 amide bonds. The Morgan fingerprint density at radius 1 is 1.16 bits per heavy atom. The Hall–Kier alpha value is -3.24. The zero-order valence-corrected chi connectivity index (χ0v) is 16.5. The molecule has 0 N–H and O–H groups in total. The summed E-state index contributed by atoms with van der Waals surface area (Å²) in [4.78, 5) is 24.4. The van der Waals surface area contributed by atoms with Gasteiger partial charge in [0.1, 0.15) is 22.0 Å². The van der Waals surface area contributed by atoms with Crippen molar-refractivity contribution in [3.05, 3.63) is 74.7 Å². The molecule has 160 valence electrons. The number of hydrogen-bond donors (Lipinski definition) is 0. The minimum absolute atomic E-state index is 0.0487. The van der Waals surface area contributed by atoms with E-state index in [4.69, 9.17) is 13.9 Å². The van der Waals surface area contributed by atoms with Gasteiger partial charge in [0.25, 0.3) is 0 Å². The molecule has 4 rings (SSSR count). The predicted molar refractivity (Wildman–Crippen MR) is 105 cm³/mol. The molecular formula is C21H12F4O5S. The van der Waals surface area contributed by atoms with Crippen LogP contribution in [0, 0.1) is 5.82 Å². The molecule has 0 aliphatic heterocycles. The van der Waals surface area contributed by atoms with Crippen LogP contribution in [0.3, 0.4) is 0 Å². The van der Waals surface area contributed by atoms with Gasteiger partial charge in [0, 0.05) is 40.3 Å². The third-order valence-corrected chi connectivity index (χ3v) is 5.65. The molecule has 0 fully saturated rings. The smallest absolute Gasteiger partial charge is 0.417 e. The average Bonchev–Trinajstić information content (AvgIpc) is 3.06. The van der Waals surface area contributed by atoms with Crippen LogP contribution >= 0.6 is 11.3 Å². The fourth-order valence-corrected chi connectivity index (χ4v) is 4.31. The van der Waals surface area contributed by atoms with E-state index in [2.05, 4.69) is 0 Å². The number of halogens is 4. The monoisotopic (exact) mass is 452 g/mol. The van der Waals surface area contributed by atoms with E-state index in [1.165, 1.54) is 19.2 Å². The second-order valence-corrected chi connectivity index (χ2v) is 7.53. The van der Waals surface area contributed by atoms with Gasteiger partial charge in [0.05, 0.1) is 12.2 Å². The summed E-state index contributed by atoms with van der Waals surface area (Å²) in [7, 11) is 1.39. The molecule has 2 aromatic heterocycles. The maximum Gasteiger partial charge on any atom is 0.417 e. The van der Waals surface area contributed by atoms with Crippen LogP contribution in [0.25, 0.3) is 21.1 Å². The first-order valence-corrected chi connectivity index (χ1v) is 9.57. The fourth-order valence-electron chi connectivity index (χ4n) is 3.21. The summed E-state index contributed by atoms with van der Waals surface area (Å²) in [5.74, 6) is -1.50. The molecule has 4 aromatic rings. The first kappa shape index (κ1) is 21.0. The van der Waals surface area contributed by atoms with Gasteiger partial charge in [-0.1, -0.05) is 6.07 Å². The van der Waals surface area contributed by atoms with Crippen molar-refractivity contribution in [2.45, 2.75) is 12.8 Å². The first-order chi connectivity index (χ1) is 14.7. The van der Waals surface area contributed by atoms with Gasteiger partial charge in [-0.2, -0.15) is 13.2 Å². The number of ether oxygens (including phenoxy) is 2. The Kier molecular flexibility index (Phi) is 5.28. The lowest BCUT2D eigenvalue weighted by Crippen LogP contribution is -2.12. The number of carbonyl (C=O) groups is 1. The van der Waals surface area contributed by atoms with E-state index in [-0.39, 0.29) is 33.6 Å². The molecule has 0 aliphatic rings. The number of alkyl halides is 3. The lowest BCUT2D eigenvalue weighted by atomic mass is 10.1. The molecule has 5 nitrogen and oxygen atoms in total. The van der Waals surface area contributed by atoms with Crippen molar-refractivity contribution < 1.29 is 36.2 Å². The van der Waals surface area contributed by atoms with Gasteiger partial charge in [-0.3, -0.25) is 0 Å². The fraction of sp³-hybridized carbons (Fsp3) is 0.143. The zero-order valence-electron chi connectivity index (χ0n) is 15.7. The van der Waals surface area contributed by atoms with Gasteiger partial charge >= 0.3 is 17.8 Å². The third kappa shape index (κ3) is 3.91. The minimum Gasteiger partial charge on any atom is -0.423 e. The highest BCUT2D eigenvalue weighted by atomic mass is 32.1. The Morgan fingerprint density at radius 2 is 1.94 bits per heavy atom. The summed E-state index contributed by atoms with van der Waals surface area (Å²) in [6, 6.07) is 7.98. The van der Waals surface area contributed by atoms with Crippen LogP contribution in [-0.2, 0) is 17.5 Å². The lowest BCUT2D eigenvalue weighted by molar-refractivity contribution is -0.136. The normalized spacial score (nSPS) is 11.9. The van der Waals surface area contributed by atoms with Crippen molar-refractivity contribution >= 4 is 38.4 Å². The number of carbonyl (C=O) groups excluding carboxylic acids is 1. The number of hydrogen-bond acceptors (Lipinski definition) is 6. The predicted octanol–water partition coefficient (Wildman–Crippen LogP) is 5.53. The largest absolute Gasteiger partial charge is 0.423 e. The molecule has 0 unspecified atom stereocenters. The molecule has 0 atom stereocenters. The maximum atomic E-state index is 14.3. The van der Waals surface area contributed by atoms with Crippen LogP contribution in [0.2, 0.25) is 0 Å². The van der Waals surface area contributed by atoms with Crippen LogP contribution in [-0.4, -0.2) is 13.1 Å². The molecule has 31 heavy (non-hydrogen) atoms. The van der Waals surface area contributed by atoms with Crippen LogP contribution in [0.5, 0.6) is 5.75 Å². The maximum absolute atomic E-state index is 14.3. The number of thiophene rings is 1. The number of benzene rings is 2. The highest BCUT2D eigenvalue weighted by Crippen LogP contribution is 2.36. The Bertz CT molecular complexity index is 1370. The molecule has 2 aromatic carbocycles. The van der Waals surface area contributed by atoms with E-state index in [9.17, 15) is 27.2 Å². The molecule has 0 bridgehead atoms. The Balaban J connectivity index is 1.75. The summed E-state index contributed by atoms with van der Waals surface area (Å²) in [6.07, 6.45) is -4.76. The lowest BCUT2D eigenvalue weighted by Gasteiger charge is -2.10. The standard InChI is InChI=1S/C21H12F4O5S/c1-28-9-12-18-14(22)3-2-4-16(18)31-19(12)20(27)29-10-5-6-11-13(21(23,24)25)8-17(26)30-15(11)7-10/h2-8H,9H2,1H3. The summed E-state index contributed by atoms with van der Waals surface area (Å²) < 4.78 is 69.5. The number of methoxy groups -OCH3 is 1. The highest BCUT2D eigenvalue weighted by Gasteiger charge is 2.34. The first-order valence-electron chi connectivity index (χ1n) is 8.75. The van der Waals surface area contributed by atoms with Gasteiger partial charge in [-0.05, 0) is 24.3 Å². The molecule has 0 spiro atoms. The summed E-state index contributed by atoms with van der Waals surface area (Å²) in [5, 5.41) is -0.114. The van der Waals surface area contributed by atoms with Crippen molar-refractivity contribution in [2.75, 3.05) is 7.11 Å². The van der Waals surface area contributed by atoms with Crippen molar-refractivity contribution in [2.24, 2.45) is 0 Å². The van der Waals surface area contributed by atoms with Crippen molar-refractivity contribution in [3.63, 3.8) is 0 Å². The van der Waals surface area contributed by atoms with Crippen LogP contribution in [0.1, 0.15) is 20.8 Å². The molecule has 0 saturated heterocycles. The average molecular weight is 452 g/mol. The molecule has 0 saturated carbocycles. The molecule has 0 radical (unpaired) electrons. The summed E-state index contributed by atoms with van der Waals surface area (Å²) in [5.41, 5.74) is -2.42. The Labute approximate surface area is 175 Å². The molecular weight excluding hydrogens is 440 g/mol. The topological polar surface area (TPSA) is 65.7 Å². The van der Waals surface area contributed by atoms with Crippen molar-refractivity contribution in [1.29, 1.82) is 0 Å². The van der Waals surface area contributed by atoms with Crippen LogP contribution < -0.4 is 10.4 Å². The third-order valence-electron chi connectivity index (χ3n) is 4.47. The Morgan fingerprint density at radius 3 is 2.65 bits per heavy atom. The second kappa shape index (κ2) is 7.78.